The van der Waals surface area contributed by atoms with Gasteiger partial charge >= 0.3 is 0 Å². The first kappa shape index (κ1) is 21.2. The molecule has 1 aromatic carbocycles. The predicted octanol–water partition coefficient (Wildman–Crippen LogP) is 7.35. The van der Waals surface area contributed by atoms with Crippen molar-refractivity contribution in [2.45, 2.75) is 77.6 Å². The molecule has 3 nitrogen and oxygen atoms in total. The summed E-state index contributed by atoms with van der Waals surface area (Å²) in [6, 6.07) is 5.64. The van der Waals surface area contributed by atoms with Gasteiger partial charge in [0, 0.05) is 16.1 Å². The first-order valence-corrected chi connectivity index (χ1v) is 12.4. The summed E-state index contributed by atoms with van der Waals surface area (Å²) in [6.07, 6.45) is 2.06. The highest BCUT2D eigenvalue weighted by molar-refractivity contribution is 9.11. The van der Waals surface area contributed by atoms with Crippen molar-refractivity contribution in [3.05, 3.63) is 28.2 Å². The molecule has 0 saturated heterocycles. The monoisotopic (exact) mass is 438 g/mol. The van der Waals surface area contributed by atoms with Crippen LogP contribution in [0.5, 0.6) is 11.5 Å². The number of ether oxygens (including phenoxy) is 2. The molecular weight excluding hydrogens is 408 g/mol. The first-order valence-electron chi connectivity index (χ1n) is 9.36. The highest BCUT2D eigenvalue weighted by Crippen LogP contribution is 2.44. The lowest BCUT2D eigenvalue weighted by Crippen LogP contribution is -2.54. The van der Waals surface area contributed by atoms with Gasteiger partial charge in [-0.15, -0.1) is 0 Å². The SMILES string of the molecule is CC(C)[Si](C(=O)Oc1ccc2c(c1)OC(C)(C)C(Br)=C2)(C(C)C)C(C)C. The number of fused-ring (bicyclic) bond motifs is 1. The number of carbonyl (C=O) groups is 1. The minimum Gasteiger partial charge on any atom is -0.482 e. The standard InChI is InChI=1S/C21H31BrO3Si/c1-13(2)26(14(3)4,15(5)6)20(23)24-17-10-9-16-11-19(22)21(7,8)25-18(16)12-17/h9-15H,1-8H3. The number of benzene rings is 1. The summed E-state index contributed by atoms with van der Waals surface area (Å²) < 4.78 is 13.0. The molecule has 0 radical (unpaired) electrons. The number of halogens is 1. The molecule has 2 rings (SSSR count). The summed E-state index contributed by atoms with van der Waals surface area (Å²) in [4.78, 5) is 13.3. The van der Waals surface area contributed by atoms with Crippen LogP contribution in [-0.2, 0) is 0 Å². The molecule has 0 saturated carbocycles. The maximum Gasteiger partial charge on any atom is 0.278 e. The van der Waals surface area contributed by atoms with E-state index >= 15 is 0 Å². The molecule has 0 atom stereocenters. The molecular formula is C21H31BrO3Si. The van der Waals surface area contributed by atoms with Gasteiger partial charge in [0.25, 0.3) is 5.59 Å². The first-order chi connectivity index (χ1) is 11.9. The molecule has 1 aliphatic rings. The molecule has 0 N–H and O–H groups in total. The number of rotatable bonds is 5. The van der Waals surface area contributed by atoms with Crippen LogP contribution in [0, 0.1) is 0 Å². The molecule has 0 bridgehead atoms. The second kappa shape index (κ2) is 7.51. The van der Waals surface area contributed by atoms with Crippen molar-refractivity contribution in [2.75, 3.05) is 0 Å². The molecule has 1 aromatic rings. The van der Waals surface area contributed by atoms with Crippen molar-refractivity contribution in [1.29, 1.82) is 0 Å². The fraction of sp³-hybridized carbons (Fsp3) is 0.571. The Balaban J connectivity index is 2.36. The van der Waals surface area contributed by atoms with Gasteiger partial charge in [-0.25, -0.2) is 0 Å². The van der Waals surface area contributed by atoms with E-state index in [1.165, 1.54) is 0 Å². The Labute approximate surface area is 167 Å². The zero-order chi connectivity index (χ0) is 19.9. The fourth-order valence-corrected chi connectivity index (χ4v) is 10.4. The van der Waals surface area contributed by atoms with Gasteiger partial charge < -0.3 is 9.47 Å². The van der Waals surface area contributed by atoms with E-state index in [2.05, 4.69) is 63.5 Å². The summed E-state index contributed by atoms with van der Waals surface area (Å²) in [7, 11) is -2.31. The van der Waals surface area contributed by atoms with E-state index in [1.54, 1.807) is 0 Å². The molecule has 0 fully saturated rings. The Hall–Kier alpha value is -1.07. The third kappa shape index (κ3) is 3.65. The van der Waals surface area contributed by atoms with Gasteiger partial charge in [-0.05, 0) is 48.7 Å². The Morgan fingerprint density at radius 2 is 1.62 bits per heavy atom. The minimum atomic E-state index is -2.31. The lowest BCUT2D eigenvalue weighted by Gasteiger charge is -2.39. The van der Waals surface area contributed by atoms with Crippen molar-refractivity contribution in [1.82, 2.24) is 0 Å². The van der Waals surface area contributed by atoms with Crippen LogP contribution in [0.25, 0.3) is 6.08 Å². The van der Waals surface area contributed by atoms with Gasteiger partial charge in [-0.2, -0.15) is 0 Å². The van der Waals surface area contributed by atoms with E-state index in [0.29, 0.717) is 22.4 Å². The Kier molecular flexibility index (Phi) is 6.13. The average Bonchev–Trinajstić information content (AvgIpc) is 2.47. The van der Waals surface area contributed by atoms with Crippen LogP contribution in [0.15, 0.2) is 22.7 Å². The summed E-state index contributed by atoms with van der Waals surface area (Å²) >= 11 is 3.57. The molecule has 0 unspecified atom stereocenters. The van der Waals surface area contributed by atoms with E-state index < -0.39 is 13.7 Å². The Morgan fingerprint density at radius 3 is 2.12 bits per heavy atom. The maximum absolute atomic E-state index is 13.3. The van der Waals surface area contributed by atoms with Crippen LogP contribution >= 0.6 is 15.9 Å². The van der Waals surface area contributed by atoms with Crippen LogP contribution in [0.4, 0.5) is 4.79 Å². The lowest BCUT2D eigenvalue weighted by molar-refractivity contribution is 0.155. The fourth-order valence-electron chi connectivity index (χ4n) is 4.32. The van der Waals surface area contributed by atoms with Crippen molar-refractivity contribution >= 4 is 35.7 Å². The zero-order valence-corrected chi connectivity index (χ0v) is 19.7. The Bertz CT molecular complexity index is 698. The highest BCUT2D eigenvalue weighted by Gasteiger charge is 2.51. The zero-order valence-electron chi connectivity index (χ0n) is 17.1. The van der Waals surface area contributed by atoms with Crippen molar-refractivity contribution in [3.8, 4) is 11.5 Å². The molecule has 144 valence electrons. The number of hydrogen-bond acceptors (Lipinski definition) is 3. The van der Waals surface area contributed by atoms with Crippen LogP contribution < -0.4 is 9.47 Å². The molecule has 0 aliphatic carbocycles. The quantitative estimate of drug-likeness (QED) is 0.450. The molecule has 0 spiro atoms. The summed E-state index contributed by atoms with van der Waals surface area (Å²) in [5.41, 5.74) is 1.49. The third-order valence-corrected chi connectivity index (χ3v) is 13.4. The lowest BCUT2D eigenvalue weighted by atomic mass is 10.0. The maximum atomic E-state index is 13.3. The van der Waals surface area contributed by atoms with Gasteiger partial charge in [-0.3, -0.25) is 4.79 Å². The predicted molar refractivity (Wildman–Crippen MR) is 115 cm³/mol. The van der Waals surface area contributed by atoms with E-state index in [4.69, 9.17) is 9.47 Å². The molecule has 5 heteroatoms. The number of hydrogen-bond donors (Lipinski definition) is 0. The molecule has 0 amide bonds. The smallest absolute Gasteiger partial charge is 0.278 e. The largest absolute Gasteiger partial charge is 0.482 e. The van der Waals surface area contributed by atoms with Gasteiger partial charge in [0.2, 0.25) is 0 Å². The summed E-state index contributed by atoms with van der Waals surface area (Å²) in [5, 5.41) is 0. The summed E-state index contributed by atoms with van der Waals surface area (Å²) in [5.74, 6) is 1.31. The second-order valence-electron chi connectivity index (χ2n) is 8.59. The van der Waals surface area contributed by atoms with Crippen molar-refractivity contribution < 1.29 is 14.3 Å². The van der Waals surface area contributed by atoms with Crippen LogP contribution in [-0.4, -0.2) is 19.3 Å². The van der Waals surface area contributed by atoms with Gasteiger partial charge in [0.15, 0.2) is 8.07 Å². The molecule has 1 aliphatic heterocycles. The average molecular weight is 439 g/mol. The molecule has 0 aromatic heterocycles. The summed E-state index contributed by atoms with van der Waals surface area (Å²) in [6.45, 7) is 17.0. The van der Waals surface area contributed by atoms with E-state index in [0.717, 1.165) is 15.8 Å². The van der Waals surface area contributed by atoms with Gasteiger partial charge in [0.05, 0.1) is 0 Å². The number of carbonyl (C=O) groups excluding carboxylic acids is 1. The second-order valence-corrected chi connectivity index (χ2v) is 15.2. The minimum absolute atomic E-state index is 0.0238. The van der Waals surface area contributed by atoms with E-state index in [1.807, 2.05) is 32.0 Å². The topological polar surface area (TPSA) is 35.5 Å². The van der Waals surface area contributed by atoms with Crippen molar-refractivity contribution in [2.24, 2.45) is 0 Å². The Morgan fingerprint density at radius 1 is 1.08 bits per heavy atom. The third-order valence-electron chi connectivity index (χ3n) is 5.64. The molecule has 26 heavy (non-hydrogen) atoms. The highest BCUT2D eigenvalue weighted by atomic mass is 79.9. The van der Waals surface area contributed by atoms with Crippen LogP contribution in [0.3, 0.4) is 0 Å². The van der Waals surface area contributed by atoms with Gasteiger partial charge in [-0.1, -0.05) is 57.5 Å². The van der Waals surface area contributed by atoms with Crippen LogP contribution in [0.1, 0.15) is 61.0 Å². The van der Waals surface area contributed by atoms with E-state index in [9.17, 15) is 4.79 Å². The van der Waals surface area contributed by atoms with Gasteiger partial charge in [0.1, 0.15) is 17.1 Å². The molecule has 1 heterocycles. The normalized spacial score (nSPS) is 16.4. The van der Waals surface area contributed by atoms with Crippen LogP contribution in [0.2, 0.25) is 16.6 Å². The van der Waals surface area contributed by atoms with Crippen molar-refractivity contribution in [3.63, 3.8) is 0 Å². The van der Waals surface area contributed by atoms with E-state index in [-0.39, 0.29) is 5.59 Å².